The monoisotopic (exact) mass is 273 g/mol. The van der Waals surface area contributed by atoms with Crippen molar-refractivity contribution in [2.24, 2.45) is 0 Å². The number of nitrogens with zero attached hydrogens (tertiary/aromatic N) is 4. The van der Waals surface area contributed by atoms with Gasteiger partial charge >= 0.3 is 0 Å². The third-order valence-corrected chi connectivity index (χ3v) is 4.31. The molecule has 2 unspecified atom stereocenters. The van der Waals surface area contributed by atoms with Gasteiger partial charge < -0.3 is 10.2 Å². The minimum Gasteiger partial charge on any atom is -0.306 e. The molecular weight excluding hydrogens is 250 g/mol. The Hall–Kier alpha value is -1.46. The van der Waals surface area contributed by atoms with Gasteiger partial charge in [0.1, 0.15) is 0 Å². The van der Waals surface area contributed by atoms with Crippen LogP contribution in [0.1, 0.15) is 38.1 Å². The minimum absolute atomic E-state index is 0.211. The molecule has 1 saturated heterocycles. The molecule has 2 aromatic rings. The van der Waals surface area contributed by atoms with Crippen LogP contribution >= 0.6 is 0 Å². The quantitative estimate of drug-likeness (QED) is 0.923. The van der Waals surface area contributed by atoms with Gasteiger partial charge in [-0.15, -0.1) is 10.2 Å². The summed E-state index contributed by atoms with van der Waals surface area (Å²) in [6.07, 6.45) is 5.99. The number of piperidine rings is 1. The number of hydrogen-bond donors (Lipinski definition) is 1. The Labute approximate surface area is 120 Å². The lowest BCUT2D eigenvalue weighted by molar-refractivity contribution is 0.178. The fourth-order valence-corrected chi connectivity index (χ4v) is 2.96. The summed E-state index contributed by atoms with van der Waals surface area (Å²) in [4.78, 5) is 2.46. The van der Waals surface area contributed by atoms with Crippen molar-refractivity contribution >= 4 is 5.65 Å². The Kier molecular flexibility index (Phi) is 3.98. The molecule has 0 radical (unpaired) electrons. The zero-order chi connectivity index (χ0) is 13.9. The van der Waals surface area contributed by atoms with Crippen LogP contribution in [-0.4, -0.2) is 45.7 Å². The Morgan fingerprint density at radius 1 is 1.35 bits per heavy atom. The molecule has 0 amide bonds. The highest BCUT2D eigenvalue weighted by molar-refractivity contribution is 5.37. The largest absolute Gasteiger partial charge is 0.306 e. The van der Waals surface area contributed by atoms with E-state index in [-0.39, 0.29) is 6.04 Å². The summed E-state index contributed by atoms with van der Waals surface area (Å²) >= 11 is 0. The molecule has 1 N–H and O–H groups in total. The standard InChI is InChI=1S/C15H23N5/c1-12(16-11-13-7-3-5-9-19(13)2)15-18-17-14-8-4-6-10-20(14)15/h4,6,8,10,12-13,16H,3,5,7,9,11H2,1-2H3. The predicted octanol–water partition coefficient (Wildman–Crippen LogP) is 1.86. The molecule has 0 aliphatic carbocycles. The van der Waals surface area contributed by atoms with Crippen molar-refractivity contribution in [2.45, 2.75) is 38.3 Å². The molecule has 0 saturated carbocycles. The highest BCUT2D eigenvalue weighted by atomic mass is 15.3. The summed E-state index contributed by atoms with van der Waals surface area (Å²) in [5.41, 5.74) is 0.908. The van der Waals surface area contributed by atoms with Crippen LogP contribution in [0, 0.1) is 0 Å². The maximum absolute atomic E-state index is 4.31. The van der Waals surface area contributed by atoms with Crippen LogP contribution in [0.2, 0.25) is 0 Å². The van der Waals surface area contributed by atoms with Crippen molar-refractivity contribution in [3.63, 3.8) is 0 Å². The second kappa shape index (κ2) is 5.89. The number of rotatable bonds is 4. The molecule has 1 aliphatic heterocycles. The number of hydrogen-bond acceptors (Lipinski definition) is 4. The van der Waals surface area contributed by atoms with E-state index in [4.69, 9.17) is 0 Å². The molecule has 3 rings (SSSR count). The number of nitrogens with one attached hydrogen (secondary N) is 1. The van der Waals surface area contributed by atoms with Crippen LogP contribution in [-0.2, 0) is 0 Å². The molecule has 0 aromatic carbocycles. The Morgan fingerprint density at radius 2 is 2.25 bits per heavy atom. The van der Waals surface area contributed by atoms with Gasteiger partial charge in [-0.1, -0.05) is 12.5 Å². The molecule has 2 atom stereocenters. The zero-order valence-corrected chi connectivity index (χ0v) is 12.3. The summed E-state index contributed by atoms with van der Waals surface area (Å²) in [5.74, 6) is 0.985. The first kappa shape index (κ1) is 13.5. The normalized spacial score (nSPS) is 22.2. The molecule has 5 heteroatoms. The first-order valence-electron chi connectivity index (χ1n) is 7.49. The van der Waals surface area contributed by atoms with Gasteiger partial charge in [-0.05, 0) is 45.5 Å². The van der Waals surface area contributed by atoms with Gasteiger partial charge in [-0.2, -0.15) is 0 Å². The summed E-state index contributed by atoms with van der Waals surface area (Å²) < 4.78 is 2.06. The third kappa shape index (κ3) is 2.69. The molecule has 2 aromatic heterocycles. The second-order valence-electron chi connectivity index (χ2n) is 5.75. The van der Waals surface area contributed by atoms with Gasteiger partial charge in [0.25, 0.3) is 0 Å². The minimum atomic E-state index is 0.211. The lowest BCUT2D eigenvalue weighted by atomic mass is 10.0. The van der Waals surface area contributed by atoms with Crippen molar-refractivity contribution in [3.05, 3.63) is 30.2 Å². The molecule has 0 bridgehead atoms. The van der Waals surface area contributed by atoms with E-state index in [9.17, 15) is 0 Å². The average Bonchev–Trinajstić information content (AvgIpc) is 2.90. The van der Waals surface area contributed by atoms with E-state index in [2.05, 4.69) is 38.8 Å². The average molecular weight is 273 g/mol. The van der Waals surface area contributed by atoms with E-state index >= 15 is 0 Å². The van der Waals surface area contributed by atoms with Crippen LogP contribution < -0.4 is 5.32 Å². The highest BCUT2D eigenvalue weighted by Crippen LogP contribution is 2.16. The number of likely N-dealkylation sites (tertiary alicyclic amines) is 1. The van der Waals surface area contributed by atoms with Gasteiger partial charge in [-0.25, -0.2) is 0 Å². The lowest BCUT2D eigenvalue weighted by Gasteiger charge is -2.33. The van der Waals surface area contributed by atoms with Gasteiger partial charge in [0.05, 0.1) is 6.04 Å². The summed E-state index contributed by atoms with van der Waals surface area (Å²) in [6.45, 7) is 4.39. The van der Waals surface area contributed by atoms with E-state index in [1.54, 1.807) is 0 Å². The van der Waals surface area contributed by atoms with Gasteiger partial charge in [0, 0.05) is 18.8 Å². The summed E-state index contributed by atoms with van der Waals surface area (Å²) in [7, 11) is 2.22. The molecular formula is C15H23N5. The zero-order valence-electron chi connectivity index (χ0n) is 12.3. The van der Waals surface area contributed by atoms with Crippen molar-refractivity contribution in [1.29, 1.82) is 0 Å². The Morgan fingerprint density at radius 3 is 3.10 bits per heavy atom. The molecule has 1 aliphatic rings. The summed E-state index contributed by atoms with van der Waals surface area (Å²) in [6, 6.07) is 6.84. The van der Waals surface area contributed by atoms with E-state index in [0.717, 1.165) is 18.0 Å². The first-order chi connectivity index (χ1) is 9.75. The van der Waals surface area contributed by atoms with Crippen LogP contribution in [0.3, 0.4) is 0 Å². The fraction of sp³-hybridized carbons (Fsp3) is 0.600. The number of likely N-dealkylation sites (N-methyl/N-ethyl adjacent to an activating group) is 1. The molecule has 108 valence electrons. The van der Waals surface area contributed by atoms with Gasteiger partial charge in [0.15, 0.2) is 11.5 Å². The Bertz CT molecular complexity index is 564. The topological polar surface area (TPSA) is 45.5 Å². The van der Waals surface area contributed by atoms with Crippen LogP contribution in [0.5, 0.6) is 0 Å². The van der Waals surface area contributed by atoms with E-state index in [1.165, 1.54) is 25.8 Å². The van der Waals surface area contributed by atoms with E-state index < -0.39 is 0 Å². The maximum Gasteiger partial charge on any atom is 0.160 e. The van der Waals surface area contributed by atoms with Gasteiger partial charge in [-0.3, -0.25) is 4.40 Å². The van der Waals surface area contributed by atoms with Crippen LogP contribution in [0.15, 0.2) is 24.4 Å². The Balaban J connectivity index is 1.65. The van der Waals surface area contributed by atoms with Crippen LogP contribution in [0.25, 0.3) is 5.65 Å². The van der Waals surface area contributed by atoms with Crippen molar-refractivity contribution in [1.82, 2.24) is 24.8 Å². The van der Waals surface area contributed by atoms with Crippen LogP contribution in [0.4, 0.5) is 0 Å². The number of pyridine rings is 1. The molecule has 5 nitrogen and oxygen atoms in total. The lowest BCUT2D eigenvalue weighted by Crippen LogP contribution is -2.43. The molecule has 1 fully saturated rings. The number of fused-ring (bicyclic) bond motifs is 1. The second-order valence-corrected chi connectivity index (χ2v) is 5.75. The third-order valence-electron chi connectivity index (χ3n) is 4.31. The van der Waals surface area contributed by atoms with Gasteiger partial charge in [0.2, 0.25) is 0 Å². The predicted molar refractivity (Wildman–Crippen MR) is 79.7 cm³/mol. The number of aromatic nitrogens is 3. The molecule has 3 heterocycles. The van der Waals surface area contributed by atoms with E-state index in [0.29, 0.717) is 6.04 Å². The van der Waals surface area contributed by atoms with Crippen molar-refractivity contribution in [3.8, 4) is 0 Å². The van der Waals surface area contributed by atoms with E-state index in [1.807, 2.05) is 24.4 Å². The molecule has 20 heavy (non-hydrogen) atoms. The highest BCUT2D eigenvalue weighted by Gasteiger charge is 2.20. The maximum atomic E-state index is 4.31. The first-order valence-corrected chi connectivity index (χ1v) is 7.49. The van der Waals surface area contributed by atoms with Crippen molar-refractivity contribution < 1.29 is 0 Å². The van der Waals surface area contributed by atoms with Crippen molar-refractivity contribution in [2.75, 3.05) is 20.1 Å². The smallest absolute Gasteiger partial charge is 0.160 e. The fourth-order valence-electron chi connectivity index (χ4n) is 2.96. The SMILES string of the molecule is CC(NCC1CCCCN1C)c1nnc2ccccn12. The summed E-state index contributed by atoms with van der Waals surface area (Å²) in [5, 5.41) is 12.1. The molecule has 0 spiro atoms.